The minimum atomic E-state index is -0.571. The van der Waals surface area contributed by atoms with E-state index in [0.717, 1.165) is 16.0 Å². The molecule has 3 rings (SSSR count). The van der Waals surface area contributed by atoms with E-state index in [0.29, 0.717) is 43.2 Å². The summed E-state index contributed by atoms with van der Waals surface area (Å²) in [4.78, 5) is 31.2. The Kier molecular flexibility index (Phi) is 11.0. The first-order chi connectivity index (χ1) is 18.6. The minimum absolute atomic E-state index is 0.0908. The molecule has 0 aliphatic heterocycles. The molecule has 3 amide bonds. The molecule has 1 aromatic heterocycles. The van der Waals surface area contributed by atoms with Crippen LogP contribution >= 0.6 is 22.9 Å². The summed E-state index contributed by atoms with van der Waals surface area (Å²) in [5, 5.41) is 4.65. The van der Waals surface area contributed by atoms with Gasteiger partial charge in [-0.15, -0.1) is 11.3 Å². The van der Waals surface area contributed by atoms with Crippen molar-refractivity contribution in [1.82, 2.24) is 9.80 Å². The molecular formula is C29H35ClFN3O4S. The Hall–Kier alpha value is -3.30. The molecule has 0 atom stereocenters. The SMILES string of the molecule is COc1ccc(CCN(Cc2sccc2C)C(=O)CN(CC(C)C)C(=O)Nc2ccc(F)c(Cl)c2)cc1OC. The molecule has 39 heavy (non-hydrogen) atoms. The number of thiophene rings is 1. The second kappa shape index (κ2) is 14.2. The lowest BCUT2D eigenvalue weighted by Gasteiger charge is -2.29. The molecule has 1 heterocycles. The molecule has 0 aliphatic carbocycles. The second-order valence-electron chi connectivity index (χ2n) is 9.61. The summed E-state index contributed by atoms with van der Waals surface area (Å²) in [6.45, 7) is 7.14. The molecule has 0 saturated carbocycles. The highest BCUT2D eigenvalue weighted by atomic mass is 35.5. The molecular weight excluding hydrogens is 541 g/mol. The molecule has 0 spiro atoms. The molecule has 7 nitrogen and oxygen atoms in total. The van der Waals surface area contributed by atoms with Crippen molar-refractivity contribution in [2.45, 2.75) is 33.7 Å². The predicted octanol–water partition coefficient (Wildman–Crippen LogP) is 6.63. The number of urea groups is 1. The average molecular weight is 576 g/mol. The monoisotopic (exact) mass is 575 g/mol. The fraction of sp³-hybridized carbons (Fsp3) is 0.379. The van der Waals surface area contributed by atoms with Gasteiger partial charge in [0, 0.05) is 23.7 Å². The van der Waals surface area contributed by atoms with Gasteiger partial charge in [-0.1, -0.05) is 31.5 Å². The Bertz CT molecular complexity index is 1280. The van der Waals surface area contributed by atoms with Crippen LogP contribution in [-0.4, -0.2) is 55.6 Å². The highest BCUT2D eigenvalue weighted by Crippen LogP contribution is 2.28. The van der Waals surface area contributed by atoms with Crippen LogP contribution in [0.3, 0.4) is 0 Å². The van der Waals surface area contributed by atoms with E-state index >= 15 is 0 Å². The molecule has 10 heteroatoms. The zero-order valence-corrected chi connectivity index (χ0v) is 24.5. The van der Waals surface area contributed by atoms with Gasteiger partial charge >= 0.3 is 6.03 Å². The number of carbonyl (C=O) groups excluding carboxylic acids is 2. The number of anilines is 1. The summed E-state index contributed by atoms with van der Waals surface area (Å²) in [6.07, 6.45) is 0.598. The Labute approximate surface area is 238 Å². The van der Waals surface area contributed by atoms with Gasteiger partial charge in [0.2, 0.25) is 5.91 Å². The van der Waals surface area contributed by atoms with Crippen molar-refractivity contribution in [3.05, 3.63) is 74.7 Å². The van der Waals surface area contributed by atoms with Crippen LogP contribution in [0.25, 0.3) is 0 Å². The number of methoxy groups -OCH3 is 2. The molecule has 0 radical (unpaired) electrons. The molecule has 0 unspecified atom stereocenters. The van der Waals surface area contributed by atoms with E-state index in [9.17, 15) is 14.0 Å². The van der Waals surface area contributed by atoms with Crippen molar-refractivity contribution in [2.24, 2.45) is 5.92 Å². The van der Waals surface area contributed by atoms with Crippen LogP contribution in [0, 0.1) is 18.7 Å². The number of rotatable bonds is 12. The van der Waals surface area contributed by atoms with Crippen molar-refractivity contribution in [3.63, 3.8) is 0 Å². The highest BCUT2D eigenvalue weighted by Gasteiger charge is 2.23. The zero-order valence-electron chi connectivity index (χ0n) is 22.9. The van der Waals surface area contributed by atoms with E-state index in [-0.39, 0.29) is 23.4 Å². The van der Waals surface area contributed by atoms with Gasteiger partial charge in [-0.2, -0.15) is 0 Å². The highest BCUT2D eigenvalue weighted by molar-refractivity contribution is 7.10. The number of ether oxygens (including phenoxy) is 2. The maximum atomic E-state index is 13.7. The van der Waals surface area contributed by atoms with E-state index in [4.69, 9.17) is 21.1 Å². The molecule has 2 aromatic carbocycles. The van der Waals surface area contributed by atoms with Gasteiger partial charge in [0.05, 0.1) is 25.8 Å². The lowest BCUT2D eigenvalue weighted by molar-refractivity contribution is -0.132. The maximum Gasteiger partial charge on any atom is 0.322 e. The smallest absolute Gasteiger partial charge is 0.322 e. The van der Waals surface area contributed by atoms with Gasteiger partial charge < -0.3 is 24.6 Å². The molecule has 0 aliphatic rings. The number of nitrogens with zero attached hydrogens (tertiary/aromatic N) is 2. The minimum Gasteiger partial charge on any atom is -0.493 e. The van der Waals surface area contributed by atoms with Crippen molar-refractivity contribution in [2.75, 3.05) is 39.2 Å². The number of carbonyl (C=O) groups is 2. The van der Waals surface area contributed by atoms with E-state index in [1.165, 1.54) is 23.1 Å². The third-order valence-electron chi connectivity index (χ3n) is 6.14. The Morgan fingerprint density at radius 2 is 1.79 bits per heavy atom. The van der Waals surface area contributed by atoms with E-state index in [1.54, 1.807) is 30.5 Å². The lowest BCUT2D eigenvalue weighted by Crippen LogP contribution is -2.46. The number of nitrogens with one attached hydrogen (secondary N) is 1. The Balaban J connectivity index is 1.78. The van der Waals surface area contributed by atoms with Crippen LogP contribution in [0.2, 0.25) is 5.02 Å². The van der Waals surface area contributed by atoms with Gasteiger partial charge in [-0.25, -0.2) is 9.18 Å². The molecule has 0 bridgehead atoms. The molecule has 1 N–H and O–H groups in total. The van der Waals surface area contributed by atoms with E-state index in [1.807, 2.05) is 50.4 Å². The largest absolute Gasteiger partial charge is 0.493 e. The number of hydrogen-bond acceptors (Lipinski definition) is 5. The van der Waals surface area contributed by atoms with Gasteiger partial charge in [0.25, 0.3) is 0 Å². The van der Waals surface area contributed by atoms with Crippen LogP contribution in [0.15, 0.2) is 47.8 Å². The van der Waals surface area contributed by atoms with Crippen molar-refractivity contribution < 1.29 is 23.5 Å². The fourth-order valence-corrected chi connectivity index (χ4v) is 5.13. The number of hydrogen-bond donors (Lipinski definition) is 1. The number of amides is 3. The maximum absolute atomic E-state index is 13.7. The zero-order chi connectivity index (χ0) is 28.5. The van der Waals surface area contributed by atoms with E-state index in [2.05, 4.69) is 5.32 Å². The first-order valence-electron chi connectivity index (χ1n) is 12.6. The van der Waals surface area contributed by atoms with Crippen LogP contribution in [-0.2, 0) is 17.8 Å². The summed E-state index contributed by atoms with van der Waals surface area (Å²) >= 11 is 7.48. The molecule has 3 aromatic rings. The summed E-state index contributed by atoms with van der Waals surface area (Å²) in [7, 11) is 3.18. The molecule has 0 saturated heterocycles. The first kappa shape index (κ1) is 30.2. The Morgan fingerprint density at radius 1 is 1.05 bits per heavy atom. The van der Waals surface area contributed by atoms with Crippen LogP contribution < -0.4 is 14.8 Å². The number of aryl methyl sites for hydroxylation is 1. The van der Waals surface area contributed by atoms with Crippen LogP contribution in [0.1, 0.15) is 29.9 Å². The standard InChI is InChI=1S/C29H35ClFN3O4S/c1-19(2)16-34(29(36)32-22-7-8-24(31)23(30)15-22)18-28(35)33(17-27-20(3)11-13-39-27)12-10-21-6-9-25(37-4)26(14-21)38-5/h6-9,11,13-15,19H,10,12,16-18H2,1-5H3,(H,32,36). The van der Waals surface area contributed by atoms with Gasteiger partial charge in [-0.05, 0) is 72.2 Å². The number of benzene rings is 2. The quantitative estimate of drug-likeness (QED) is 0.263. The first-order valence-corrected chi connectivity index (χ1v) is 13.9. The van der Waals surface area contributed by atoms with Gasteiger partial charge in [0.1, 0.15) is 12.4 Å². The van der Waals surface area contributed by atoms with Crippen molar-refractivity contribution in [3.8, 4) is 11.5 Å². The Morgan fingerprint density at radius 3 is 2.41 bits per heavy atom. The predicted molar refractivity (Wildman–Crippen MR) is 155 cm³/mol. The summed E-state index contributed by atoms with van der Waals surface area (Å²) < 4.78 is 24.3. The normalized spacial score (nSPS) is 10.9. The van der Waals surface area contributed by atoms with E-state index < -0.39 is 11.8 Å². The summed E-state index contributed by atoms with van der Waals surface area (Å²) in [5.74, 6) is 0.651. The van der Waals surface area contributed by atoms with Crippen LogP contribution in [0.5, 0.6) is 11.5 Å². The molecule has 210 valence electrons. The third-order valence-corrected chi connectivity index (χ3v) is 7.44. The molecule has 0 fully saturated rings. The number of halogens is 2. The summed E-state index contributed by atoms with van der Waals surface area (Å²) in [6, 6.07) is 11.3. The van der Waals surface area contributed by atoms with Crippen LogP contribution in [0.4, 0.5) is 14.9 Å². The topological polar surface area (TPSA) is 71.1 Å². The van der Waals surface area contributed by atoms with Gasteiger partial charge in [0.15, 0.2) is 11.5 Å². The lowest BCUT2D eigenvalue weighted by atomic mass is 10.1. The second-order valence-corrected chi connectivity index (χ2v) is 11.0. The van der Waals surface area contributed by atoms with Crippen molar-refractivity contribution in [1.29, 1.82) is 0 Å². The fourth-order valence-electron chi connectivity index (χ4n) is 4.03. The summed E-state index contributed by atoms with van der Waals surface area (Å²) in [5.41, 5.74) is 2.47. The third kappa shape index (κ3) is 8.60. The van der Waals surface area contributed by atoms with Gasteiger partial charge in [-0.3, -0.25) is 4.79 Å². The average Bonchev–Trinajstić information content (AvgIpc) is 3.31. The van der Waals surface area contributed by atoms with Crippen molar-refractivity contribution >= 4 is 40.6 Å².